The van der Waals surface area contributed by atoms with Crippen LogP contribution in [0.25, 0.3) is 0 Å². The van der Waals surface area contributed by atoms with Crippen molar-refractivity contribution < 1.29 is 27.9 Å². The van der Waals surface area contributed by atoms with Gasteiger partial charge in [-0.2, -0.15) is 13.2 Å². The molecule has 1 heterocycles. The van der Waals surface area contributed by atoms with Crippen LogP contribution in [-0.2, 0) is 15.8 Å². The Hall–Kier alpha value is -2.84. The number of carbonyl (C=O) groups excluding carboxylic acids is 1. The zero-order valence-corrected chi connectivity index (χ0v) is 14.1. The summed E-state index contributed by atoms with van der Waals surface area (Å²) in [5.74, 6) is -1.62. The zero-order valence-electron chi connectivity index (χ0n) is 14.1. The van der Waals surface area contributed by atoms with E-state index in [0.717, 1.165) is 12.1 Å². The van der Waals surface area contributed by atoms with Crippen LogP contribution in [0.1, 0.15) is 37.4 Å². The minimum atomic E-state index is -4.47. The van der Waals surface area contributed by atoms with E-state index in [9.17, 15) is 22.8 Å². The molecule has 1 unspecified atom stereocenters. The molecule has 1 aliphatic heterocycles. The van der Waals surface area contributed by atoms with Crippen LogP contribution in [0.3, 0.4) is 0 Å². The van der Waals surface area contributed by atoms with Crippen molar-refractivity contribution in [1.82, 2.24) is 10.2 Å². The van der Waals surface area contributed by atoms with Crippen LogP contribution in [-0.4, -0.2) is 33.9 Å². The fourth-order valence-electron chi connectivity index (χ4n) is 2.45. The monoisotopic (exact) mass is 369 g/mol. The number of halogens is 3. The summed E-state index contributed by atoms with van der Waals surface area (Å²) in [4.78, 5) is 28.3. The zero-order chi connectivity index (χ0) is 19.5. The Bertz CT molecular complexity index is 759. The molecule has 26 heavy (non-hydrogen) atoms. The Labute approximate surface area is 148 Å². The lowest BCUT2D eigenvalue weighted by atomic mass is 10.0. The molecule has 0 radical (unpaired) electrons. The molecule has 0 saturated heterocycles. The molecule has 1 aliphatic rings. The summed E-state index contributed by atoms with van der Waals surface area (Å²) in [6, 6.07) is 4.23. The van der Waals surface area contributed by atoms with Crippen molar-refractivity contribution in [2.75, 3.05) is 0 Å². The van der Waals surface area contributed by atoms with E-state index >= 15 is 0 Å². The summed E-state index contributed by atoms with van der Waals surface area (Å²) >= 11 is 0. The second kappa shape index (κ2) is 7.59. The van der Waals surface area contributed by atoms with Crippen LogP contribution in [0.4, 0.5) is 13.2 Å². The van der Waals surface area contributed by atoms with E-state index in [2.05, 4.69) is 10.3 Å². The number of carbonyl (C=O) groups is 2. The van der Waals surface area contributed by atoms with Crippen molar-refractivity contribution >= 4 is 17.6 Å². The van der Waals surface area contributed by atoms with E-state index in [4.69, 9.17) is 5.11 Å². The molecule has 0 aliphatic carbocycles. The average Bonchev–Trinajstić information content (AvgIpc) is 2.60. The predicted molar refractivity (Wildman–Crippen MR) is 88.1 cm³/mol. The number of carboxylic acid groups (broad SMARTS) is 1. The summed E-state index contributed by atoms with van der Waals surface area (Å²) in [5, 5.41) is 11.6. The molecule has 0 spiro atoms. The highest BCUT2D eigenvalue weighted by molar-refractivity contribution is 6.40. The maximum Gasteiger partial charge on any atom is 0.416 e. The van der Waals surface area contributed by atoms with Crippen molar-refractivity contribution in [3.05, 3.63) is 47.7 Å². The standard InChI is InChI=1S/C17H18F3N3O3/c1-3-14(24)22-16-21-13(15(25)26)7-8-23(16)10(2)11-5-4-6-12(9-11)17(18,19)20/h4-10,16H,3H2,1-2H3,(H,22,24)(H,25,26)/t10?,16-/m1/s1. The lowest BCUT2D eigenvalue weighted by Crippen LogP contribution is -2.47. The first-order chi connectivity index (χ1) is 12.1. The van der Waals surface area contributed by atoms with E-state index in [1.807, 2.05) is 0 Å². The number of hydrogen-bond donors (Lipinski definition) is 2. The highest BCUT2D eigenvalue weighted by Gasteiger charge is 2.32. The van der Waals surface area contributed by atoms with Crippen molar-refractivity contribution in [2.45, 2.75) is 38.8 Å². The fourth-order valence-corrected chi connectivity index (χ4v) is 2.45. The maximum absolute atomic E-state index is 12.9. The second-order valence-corrected chi connectivity index (χ2v) is 5.68. The summed E-state index contributed by atoms with van der Waals surface area (Å²) in [6.07, 6.45) is -2.70. The Morgan fingerprint density at radius 1 is 1.38 bits per heavy atom. The molecular weight excluding hydrogens is 351 g/mol. The lowest BCUT2D eigenvalue weighted by molar-refractivity contribution is -0.137. The van der Waals surface area contributed by atoms with Crippen LogP contribution in [0.5, 0.6) is 0 Å². The quantitative estimate of drug-likeness (QED) is 0.836. The molecule has 0 saturated carbocycles. The number of aliphatic carboxylic acids is 1. The summed E-state index contributed by atoms with van der Waals surface area (Å²) in [6.45, 7) is 3.27. The maximum atomic E-state index is 12.9. The normalized spacial score (nSPS) is 18.3. The molecular formula is C17H18F3N3O3. The first-order valence-corrected chi connectivity index (χ1v) is 7.86. The molecule has 0 fully saturated rings. The Kier molecular flexibility index (Phi) is 5.69. The minimum absolute atomic E-state index is 0.157. The molecule has 9 heteroatoms. The van der Waals surface area contributed by atoms with Crippen LogP contribution in [0.15, 0.2) is 41.5 Å². The van der Waals surface area contributed by atoms with Crippen molar-refractivity contribution in [2.24, 2.45) is 4.99 Å². The largest absolute Gasteiger partial charge is 0.477 e. The van der Waals surface area contributed by atoms with Gasteiger partial charge in [-0.25, -0.2) is 9.79 Å². The van der Waals surface area contributed by atoms with Crippen LogP contribution in [0.2, 0.25) is 0 Å². The first kappa shape index (κ1) is 19.5. The third-order valence-electron chi connectivity index (χ3n) is 3.92. The fraction of sp³-hybridized carbons (Fsp3) is 0.353. The molecule has 140 valence electrons. The number of amides is 1. The van der Waals surface area contributed by atoms with Crippen molar-refractivity contribution in [1.29, 1.82) is 0 Å². The van der Waals surface area contributed by atoms with Gasteiger partial charge in [0, 0.05) is 12.6 Å². The van der Waals surface area contributed by atoms with Crippen LogP contribution < -0.4 is 5.32 Å². The summed E-state index contributed by atoms with van der Waals surface area (Å²) in [7, 11) is 0. The molecule has 0 bridgehead atoms. The number of hydrogen-bond acceptors (Lipinski definition) is 4. The third-order valence-corrected chi connectivity index (χ3v) is 3.92. The van der Waals surface area contributed by atoms with E-state index in [1.54, 1.807) is 13.8 Å². The SMILES string of the molecule is CCC(=O)N[C@H]1N=C(C(=O)O)C=CN1C(C)c1cccc(C(F)(F)F)c1. The number of benzene rings is 1. The van der Waals surface area contributed by atoms with Gasteiger partial charge in [0.15, 0.2) is 6.29 Å². The number of nitrogens with zero attached hydrogens (tertiary/aromatic N) is 2. The molecule has 1 aromatic carbocycles. The topological polar surface area (TPSA) is 82.0 Å². The molecule has 2 atom stereocenters. The van der Waals surface area contributed by atoms with Crippen molar-refractivity contribution in [3.63, 3.8) is 0 Å². The molecule has 6 nitrogen and oxygen atoms in total. The average molecular weight is 369 g/mol. The second-order valence-electron chi connectivity index (χ2n) is 5.68. The Balaban J connectivity index is 2.34. The van der Waals surface area contributed by atoms with Gasteiger partial charge in [-0.3, -0.25) is 4.79 Å². The highest BCUT2D eigenvalue weighted by Crippen LogP contribution is 2.32. The smallest absolute Gasteiger partial charge is 0.416 e. The van der Waals surface area contributed by atoms with Gasteiger partial charge in [0.1, 0.15) is 5.71 Å². The van der Waals surface area contributed by atoms with Crippen LogP contribution in [0, 0.1) is 0 Å². The van der Waals surface area contributed by atoms with Gasteiger partial charge in [0.05, 0.1) is 11.6 Å². The Morgan fingerprint density at radius 2 is 2.08 bits per heavy atom. The number of rotatable bonds is 5. The number of aliphatic imine (C=N–C) groups is 1. The van der Waals surface area contributed by atoms with Gasteiger partial charge in [-0.1, -0.05) is 19.1 Å². The van der Waals surface area contributed by atoms with Gasteiger partial charge in [0.25, 0.3) is 0 Å². The van der Waals surface area contributed by atoms with Gasteiger partial charge in [-0.05, 0) is 30.7 Å². The van der Waals surface area contributed by atoms with Gasteiger partial charge >= 0.3 is 12.1 Å². The lowest BCUT2D eigenvalue weighted by Gasteiger charge is -2.36. The molecule has 2 rings (SSSR count). The highest BCUT2D eigenvalue weighted by atomic mass is 19.4. The van der Waals surface area contributed by atoms with Gasteiger partial charge in [-0.15, -0.1) is 0 Å². The predicted octanol–water partition coefficient (Wildman–Crippen LogP) is 2.93. The van der Waals surface area contributed by atoms with E-state index in [-0.39, 0.29) is 18.0 Å². The summed E-state index contributed by atoms with van der Waals surface area (Å²) < 4.78 is 38.8. The number of alkyl halides is 3. The Morgan fingerprint density at radius 3 is 2.65 bits per heavy atom. The molecule has 2 N–H and O–H groups in total. The minimum Gasteiger partial charge on any atom is -0.477 e. The van der Waals surface area contributed by atoms with E-state index < -0.39 is 30.0 Å². The van der Waals surface area contributed by atoms with Crippen LogP contribution >= 0.6 is 0 Å². The van der Waals surface area contributed by atoms with E-state index in [1.165, 1.54) is 29.3 Å². The third kappa shape index (κ3) is 4.41. The van der Waals surface area contributed by atoms with Crippen molar-refractivity contribution in [3.8, 4) is 0 Å². The number of nitrogens with one attached hydrogen (secondary N) is 1. The van der Waals surface area contributed by atoms with Gasteiger partial charge in [0.2, 0.25) is 5.91 Å². The first-order valence-electron chi connectivity index (χ1n) is 7.86. The summed E-state index contributed by atoms with van der Waals surface area (Å²) in [5.41, 5.74) is -0.681. The molecule has 0 aromatic heterocycles. The molecule has 1 amide bonds. The molecule has 1 aromatic rings. The van der Waals surface area contributed by atoms with Gasteiger partial charge < -0.3 is 15.3 Å². The van der Waals surface area contributed by atoms with E-state index in [0.29, 0.717) is 5.56 Å². The number of carboxylic acids is 1.